The van der Waals surface area contributed by atoms with Crippen LogP contribution in [0.25, 0.3) is 0 Å². The van der Waals surface area contributed by atoms with Crippen molar-refractivity contribution in [1.29, 1.82) is 0 Å². The van der Waals surface area contributed by atoms with Crippen LogP contribution < -0.4 is 0 Å². The standard InChI is InChI=1S/C15H23F3O3Si/c1-4-20-22(19-3,21-5-2)9-7-6-8-12-10-13(16)15(18)14(17)11-12/h10-11H,4-9H2,1-3H3. The number of halogens is 3. The first-order valence-electron chi connectivity index (χ1n) is 7.44. The summed E-state index contributed by atoms with van der Waals surface area (Å²) in [4.78, 5) is 0. The van der Waals surface area contributed by atoms with Gasteiger partial charge in [0.05, 0.1) is 0 Å². The molecule has 1 aromatic carbocycles. The normalized spacial score (nSPS) is 11.9. The first-order valence-corrected chi connectivity index (χ1v) is 9.37. The van der Waals surface area contributed by atoms with Gasteiger partial charge in [-0.3, -0.25) is 0 Å². The van der Waals surface area contributed by atoms with Gasteiger partial charge in [0.25, 0.3) is 0 Å². The highest BCUT2D eigenvalue weighted by Gasteiger charge is 2.38. The molecule has 3 nitrogen and oxygen atoms in total. The van der Waals surface area contributed by atoms with Crippen LogP contribution in [0.15, 0.2) is 12.1 Å². The van der Waals surface area contributed by atoms with E-state index in [1.807, 2.05) is 13.8 Å². The van der Waals surface area contributed by atoms with Crippen LogP contribution in [-0.4, -0.2) is 29.1 Å². The number of benzene rings is 1. The zero-order chi connectivity index (χ0) is 16.6. The molecule has 0 spiro atoms. The topological polar surface area (TPSA) is 27.7 Å². The predicted molar refractivity (Wildman–Crippen MR) is 80.1 cm³/mol. The SMILES string of the molecule is CCO[Si](CCCCc1cc(F)c(F)c(F)c1)(OC)OCC. The maximum atomic E-state index is 13.1. The van der Waals surface area contributed by atoms with Crippen molar-refractivity contribution in [2.75, 3.05) is 20.3 Å². The van der Waals surface area contributed by atoms with E-state index in [2.05, 4.69) is 0 Å². The molecule has 0 heterocycles. The average Bonchev–Trinajstić information content (AvgIpc) is 2.49. The lowest BCUT2D eigenvalue weighted by molar-refractivity contribution is 0.0860. The van der Waals surface area contributed by atoms with Gasteiger partial charge in [-0.2, -0.15) is 0 Å². The number of aryl methyl sites for hydroxylation is 1. The quantitative estimate of drug-likeness (QED) is 0.366. The Hall–Kier alpha value is -0.893. The molecule has 0 aliphatic heterocycles. The summed E-state index contributed by atoms with van der Waals surface area (Å²) in [5.41, 5.74) is 0.439. The summed E-state index contributed by atoms with van der Waals surface area (Å²) in [5, 5.41) is 0. The van der Waals surface area contributed by atoms with Crippen LogP contribution in [0.5, 0.6) is 0 Å². The fourth-order valence-electron chi connectivity index (χ4n) is 2.27. The van der Waals surface area contributed by atoms with Crippen LogP contribution in [0.1, 0.15) is 32.3 Å². The molecule has 1 aromatic rings. The third kappa shape index (κ3) is 5.39. The lowest BCUT2D eigenvalue weighted by Gasteiger charge is -2.27. The summed E-state index contributed by atoms with van der Waals surface area (Å²) in [6, 6.07) is 2.70. The van der Waals surface area contributed by atoms with E-state index < -0.39 is 26.3 Å². The fourth-order valence-corrected chi connectivity index (χ4v) is 4.64. The van der Waals surface area contributed by atoms with Gasteiger partial charge in [0.2, 0.25) is 0 Å². The van der Waals surface area contributed by atoms with Gasteiger partial charge in [-0.1, -0.05) is 0 Å². The molecule has 0 amide bonds. The second-order valence-electron chi connectivity index (χ2n) is 4.83. The smallest absolute Gasteiger partial charge is 0.377 e. The number of unbranched alkanes of at least 4 members (excludes halogenated alkanes) is 1. The van der Waals surface area contributed by atoms with Gasteiger partial charge in [-0.05, 0) is 50.8 Å². The minimum Gasteiger partial charge on any atom is -0.377 e. The highest BCUT2D eigenvalue weighted by Crippen LogP contribution is 2.20. The lowest BCUT2D eigenvalue weighted by atomic mass is 10.1. The molecule has 126 valence electrons. The van der Waals surface area contributed by atoms with Crippen LogP contribution in [0.2, 0.25) is 6.04 Å². The molecule has 22 heavy (non-hydrogen) atoms. The number of hydrogen-bond acceptors (Lipinski definition) is 3. The summed E-state index contributed by atoms with van der Waals surface area (Å²) in [6.07, 6.45) is 1.88. The van der Waals surface area contributed by atoms with E-state index in [-0.39, 0.29) is 0 Å². The number of hydrogen-bond donors (Lipinski definition) is 0. The molecule has 0 aliphatic carbocycles. The third-order valence-electron chi connectivity index (χ3n) is 3.28. The van der Waals surface area contributed by atoms with Crippen LogP contribution in [0, 0.1) is 17.5 Å². The Morgan fingerprint density at radius 2 is 1.50 bits per heavy atom. The van der Waals surface area contributed by atoms with Gasteiger partial charge >= 0.3 is 8.80 Å². The van der Waals surface area contributed by atoms with E-state index in [0.29, 0.717) is 37.7 Å². The van der Waals surface area contributed by atoms with Gasteiger partial charge in [0.1, 0.15) is 0 Å². The van der Waals surface area contributed by atoms with Gasteiger partial charge < -0.3 is 13.3 Å². The molecule has 0 radical (unpaired) electrons. The van der Waals surface area contributed by atoms with E-state index in [1.165, 1.54) is 0 Å². The second kappa shape index (κ2) is 9.29. The van der Waals surface area contributed by atoms with Gasteiger partial charge in [0, 0.05) is 26.4 Å². The molecule has 7 heteroatoms. The Balaban J connectivity index is 2.52. The molecule has 1 rings (SSSR count). The summed E-state index contributed by atoms with van der Waals surface area (Å²) in [7, 11) is -1.07. The monoisotopic (exact) mass is 336 g/mol. The first kappa shape index (κ1) is 19.2. The highest BCUT2D eigenvalue weighted by molar-refractivity contribution is 6.60. The van der Waals surface area contributed by atoms with E-state index in [0.717, 1.165) is 18.6 Å². The van der Waals surface area contributed by atoms with Crippen LogP contribution in [0.3, 0.4) is 0 Å². The van der Waals surface area contributed by atoms with Crippen molar-refractivity contribution in [2.45, 2.75) is 39.2 Å². The molecule has 0 aliphatic rings. The fraction of sp³-hybridized carbons (Fsp3) is 0.600. The summed E-state index contributed by atoms with van der Waals surface area (Å²) >= 11 is 0. The van der Waals surface area contributed by atoms with Gasteiger partial charge in [-0.15, -0.1) is 0 Å². The lowest BCUT2D eigenvalue weighted by Crippen LogP contribution is -2.44. The van der Waals surface area contributed by atoms with Crippen molar-refractivity contribution in [3.63, 3.8) is 0 Å². The molecule has 0 aromatic heterocycles. The molecule has 0 unspecified atom stereocenters. The van der Waals surface area contributed by atoms with Gasteiger partial charge in [-0.25, -0.2) is 13.2 Å². The van der Waals surface area contributed by atoms with E-state index in [1.54, 1.807) is 7.11 Å². The predicted octanol–water partition coefficient (Wildman–Crippen LogP) is 4.08. The molecule has 0 saturated carbocycles. The van der Waals surface area contributed by atoms with Crippen molar-refractivity contribution in [3.8, 4) is 0 Å². The highest BCUT2D eigenvalue weighted by atomic mass is 28.4. The van der Waals surface area contributed by atoms with Crippen LogP contribution >= 0.6 is 0 Å². The second-order valence-corrected chi connectivity index (χ2v) is 7.69. The van der Waals surface area contributed by atoms with Gasteiger partial charge in [0.15, 0.2) is 17.5 Å². The van der Waals surface area contributed by atoms with E-state index >= 15 is 0 Å². The van der Waals surface area contributed by atoms with Crippen molar-refractivity contribution >= 4 is 8.80 Å². The minimum atomic E-state index is -2.65. The Bertz CT molecular complexity index is 442. The third-order valence-corrected chi connectivity index (χ3v) is 6.33. The molecule has 0 fully saturated rings. The largest absolute Gasteiger partial charge is 0.500 e. The van der Waals surface area contributed by atoms with Crippen LogP contribution in [0.4, 0.5) is 13.2 Å². The molecule has 0 saturated heterocycles. The maximum Gasteiger partial charge on any atom is 0.500 e. The Labute approximate surface area is 130 Å². The minimum absolute atomic E-state index is 0.439. The average molecular weight is 336 g/mol. The van der Waals surface area contributed by atoms with E-state index in [9.17, 15) is 13.2 Å². The molecule has 0 atom stereocenters. The Kier molecular flexibility index (Phi) is 8.09. The summed E-state index contributed by atoms with van der Waals surface area (Å²) in [5.74, 6) is -3.74. The molecule has 0 bridgehead atoms. The van der Waals surface area contributed by atoms with E-state index in [4.69, 9.17) is 13.3 Å². The van der Waals surface area contributed by atoms with Crippen molar-refractivity contribution in [2.24, 2.45) is 0 Å². The van der Waals surface area contributed by atoms with Crippen molar-refractivity contribution in [3.05, 3.63) is 35.1 Å². The Morgan fingerprint density at radius 1 is 0.955 bits per heavy atom. The zero-order valence-corrected chi connectivity index (χ0v) is 14.3. The maximum absolute atomic E-state index is 13.1. The zero-order valence-electron chi connectivity index (χ0n) is 13.3. The Morgan fingerprint density at radius 3 is 1.95 bits per heavy atom. The van der Waals surface area contributed by atoms with Crippen molar-refractivity contribution < 1.29 is 26.4 Å². The van der Waals surface area contributed by atoms with Crippen molar-refractivity contribution in [1.82, 2.24) is 0 Å². The van der Waals surface area contributed by atoms with Crippen LogP contribution in [-0.2, 0) is 19.7 Å². The molecule has 0 N–H and O–H groups in total. The molecular formula is C15H23F3O3Si. The summed E-state index contributed by atoms with van der Waals surface area (Å²) < 4.78 is 55.9. The molecular weight excluding hydrogens is 313 g/mol. The number of rotatable bonds is 10. The summed E-state index contributed by atoms with van der Waals surface area (Å²) in [6.45, 7) is 4.77. The first-order chi connectivity index (χ1) is 10.5.